The first kappa shape index (κ1) is 37.7. The Labute approximate surface area is 256 Å². The molecule has 0 aliphatic carbocycles. The first-order valence-corrected chi connectivity index (χ1v) is 17.5. The predicted octanol–water partition coefficient (Wildman–Crippen LogP) is 9.67. The van der Waals surface area contributed by atoms with Crippen molar-refractivity contribution in [2.75, 3.05) is 20.6 Å². The molecule has 0 spiro atoms. The minimum Gasteiger partial charge on any atom is -0.325 e. The van der Waals surface area contributed by atoms with Crippen LogP contribution in [0.3, 0.4) is 0 Å². The monoisotopic (exact) mass is 605 g/mol. The van der Waals surface area contributed by atoms with E-state index in [9.17, 15) is 18.5 Å². The number of hydrogen-bond donors (Lipinski definition) is 1. The van der Waals surface area contributed by atoms with Crippen molar-refractivity contribution in [1.29, 1.82) is 0 Å². The van der Waals surface area contributed by atoms with Crippen LogP contribution in [0.4, 0.5) is 5.69 Å². The molecule has 2 aromatic carbocycles. The molecule has 0 atom stereocenters. The number of non-ortho nitro benzene ring substituents is 1. The molecule has 7 nitrogen and oxygen atoms in total. The number of benzene rings is 2. The van der Waals surface area contributed by atoms with Gasteiger partial charge in [0.05, 0.1) is 30.5 Å². The van der Waals surface area contributed by atoms with Crippen molar-refractivity contribution in [3.8, 4) is 0 Å². The van der Waals surface area contributed by atoms with Gasteiger partial charge in [-0.3, -0.25) is 14.7 Å². The van der Waals surface area contributed by atoms with Crippen LogP contribution < -0.4 is 0 Å². The number of nitrogens with zero attached hydrogens (tertiary/aromatic N) is 2. The smallest absolute Gasteiger partial charge is 0.294 e. The Kier molecular flexibility index (Phi) is 19.2. The third-order valence-corrected chi connectivity index (χ3v) is 8.73. The highest BCUT2D eigenvalue weighted by molar-refractivity contribution is 7.85. The molecule has 0 bridgehead atoms. The van der Waals surface area contributed by atoms with Gasteiger partial charge in [-0.2, -0.15) is 8.42 Å². The van der Waals surface area contributed by atoms with E-state index in [1.807, 2.05) is 0 Å². The van der Waals surface area contributed by atoms with Crippen LogP contribution in [0.2, 0.25) is 0 Å². The first-order chi connectivity index (χ1) is 20.0. The van der Waals surface area contributed by atoms with Gasteiger partial charge in [-0.1, -0.05) is 127 Å². The van der Waals surface area contributed by atoms with E-state index in [1.54, 1.807) is 0 Å². The van der Waals surface area contributed by atoms with Crippen molar-refractivity contribution < 1.29 is 22.4 Å². The van der Waals surface area contributed by atoms with Gasteiger partial charge in [-0.15, -0.1) is 0 Å². The Morgan fingerprint density at radius 2 is 1.19 bits per heavy atom. The molecule has 1 N–H and O–H groups in total. The maximum absolute atomic E-state index is 10.7. The second-order valence-corrected chi connectivity index (χ2v) is 13.7. The molecule has 0 aliphatic heterocycles. The topological polar surface area (TPSA) is 97.5 Å². The van der Waals surface area contributed by atoms with Crippen molar-refractivity contribution in [2.45, 2.75) is 128 Å². The summed E-state index contributed by atoms with van der Waals surface area (Å²) >= 11 is 0. The van der Waals surface area contributed by atoms with Crippen molar-refractivity contribution in [3.05, 3.63) is 69.8 Å². The average Bonchev–Trinajstić information content (AvgIpc) is 2.92. The lowest BCUT2D eigenvalue weighted by Gasteiger charge is -2.30. The highest BCUT2D eigenvalue weighted by Gasteiger charge is 2.16. The zero-order valence-corrected chi connectivity index (χ0v) is 27.5. The molecule has 0 saturated carbocycles. The highest BCUT2D eigenvalue weighted by atomic mass is 32.2. The second kappa shape index (κ2) is 21.4. The summed E-state index contributed by atoms with van der Waals surface area (Å²) in [6.07, 6.45) is 23.2. The lowest BCUT2D eigenvalue weighted by atomic mass is 10.0. The largest absolute Gasteiger partial charge is 0.325 e. The molecular weight excluding hydrogens is 548 g/mol. The Bertz CT molecular complexity index is 1100. The third kappa shape index (κ3) is 18.3. The highest BCUT2D eigenvalue weighted by Crippen LogP contribution is 2.20. The maximum atomic E-state index is 10.7. The average molecular weight is 606 g/mol. The van der Waals surface area contributed by atoms with E-state index in [2.05, 4.69) is 51.4 Å². The van der Waals surface area contributed by atoms with E-state index in [0.717, 1.165) is 29.2 Å². The van der Waals surface area contributed by atoms with Crippen LogP contribution in [0.1, 0.15) is 121 Å². The standard InChI is InChI=1S/C27H50N.C7H7NO5S/c1-4-5-6-7-8-9-10-11-12-13-14-15-16-17-18-22-25-28(2,3)26-27-23-20-19-21-24-27;1-5-4-6(8(9)10)2-3-7(5)14(11,12)13/h19-21,23-24H,4-18,22,25-26H2,1-3H3;2-4H,1H3,(H,11,12,13)/q+1;. The van der Waals surface area contributed by atoms with Crippen LogP contribution in [0.15, 0.2) is 53.4 Å². The van der Waals surface area contributed by atoms with Gasteiger partial charge >= 0.3 is 0 Å². The van der Waals surface area contributed by atoms with E-state index in [0.29, 0.717) is 0 Å². The normalized spacial score (nSPS) is 11.6. The summed E-state index contributed by atoms with van der Waals surface area (Å²) in [5.41, 5.74) is 1.39. The van der Waals surface area contributed by atoms with Crippen LogP contribution in [0, 0.1) is 17.0 Å². The Balaban J connectivity index is 0.000000525. The minimum atomic E-state index is -4.30. The van der Waals surface area contributed by atoms with E-state index in [1.165, 1.54) is 122 Å². The van der Waals surface area contributed by atoms with Gasteiger partial charge in [0.2, 0.25) is 0 Å². The Morgan fingerprint density at radius 1 is 0.738 bits per heavy atom. The fraction of sp³-hybridized carbons (Fsp3) is 0.647. The summed E-state index contributed by atoms with van der Waals surface area (Å²) in [7, 11) is 0.448. The van der Waals surface area contributed by atoms with Gasteiger partial charge in [0.25, 0.3) is 15.8 Å². The molecule has 0 unspecified atom stereocenters. The molecule has 0 aliphatic rings. The van der Waals surface area contributed by atoms with Crippen LogP contribution in [-0.4, -0.2) is 43.0 Å². The van der Waals surface area contributed by atoms with E-state index >= 15 is 0 Å². The maximum Gasteiger partial charge on any atom is 0.294 e. The minimum absolute atomic E-state index is 0.140. The molecular formula is C34H57N2O5S+. The summed E-state index contributed by atoms with van der Waals surface area (Å²) in [5, 5.41) is 10.3. The fourth-order valence-corrected chi connectivity index (χ4v) is 5.99. The zero-order valence-electron chi connectivity index (χ0n) is 26.7. The molecule has 42 heavy (non-hydrogen) atoms. The van der Waals surface area contributed by atoms with Gasteiger partial charge in [0, 0.05) is 17.7 Å². The van der Waals surface area contributed by atoms with Gasteiger partial charge in [0.15, 0.2) is 0 Å². The van der Waals surface area contributed by atoms with Gasteiger partial charge in [-0.25, -0.2) is 0 Å². The third-order valence-electron chi connectivity index (χ3n) is 7.72. The number of rotatable bonds is 21. The number of aryl methyl sites for hydroxylation is 1. The number of unbranched alkanes of at least 4 members (excludes halogenated alkanes) is 15. The number of hydrogen-bond acceptors (Lipinski definition) is 4. The van der Waals surface area contributed by atoms with Gasteiger partial charge in [-0.05, 0) is 31.4 Å². The summed E-state index contributed by atoms with van der Waals surface area (Å²) in [6.45, 7) is 6.12. The number of nitro groups is 1. The van der Waals surface area contributed by atoms with Crippen LogP contribution >= 0.6 is 0 Å². The van der Waals surface area contributed by atoms with Crippen LogP contribution in [0.25, 0.3) is 0 Å². The molecule has 2 aromatic rings. The zero-order chi connectivity index (χ0) is 31.3. The molecule has 0 aromatic heterocycles. The van der Waals surface area contributed by atoms with Crippen molar-refractivity contribution in [1.82, 2.24) is 0 Å². The van der Waals surface area contributed by atoms with Crippen LogP contribution in [0.5, 0.6) is 0 Å². The van der Waals surface area contributed by atoms with Crippen molar-refractivity contribution in [3.63, 3.8) is 0 Å². The SMILES string of the molecule is CCCCCCCCCCCCCCCCCC[N+](C)(C)Cc1ccccc1.Cc1cc([N+](=O)[O-])ccc1S(=O)(=O)O. The number of nitro benzene ring substituents is 1. The van der Waals surface area contributed by atoms with E-state index < -0.39 is 15.0 Å². The molecule has 2 rings (SSSR count). The van der Waals surface area contributed by atoms with Crippen molar-refractivity contribution >= 4 is 15.8 Å². The molecule has 238 valence electrons. The summed E-state index contributed by atoms with van der Waals surface area (Å²) in [5.74, 6) is 0. The lowest BCUT2D eigenvalue weighted by Crippen LogP contribution is -2.39. The molecule has 0 heterocycles. The Hall–Kier alpha value is -2.29. The van der Waals surface area contributed by atoms with Crippen LogP contribution in [-0.2, 0) is 16.7 Å². The summed E-state index contributed by atoms with van der Waals surface area (Å²) in [4.78, 5) is 9.35. The fourth-order valence-electron chi connectivity index (χ4n) is 5.28. The quantitative estimate of drug-likeness (QED) is 0.0502. The van der Waals surface area contributed by atoms with E-state index in [4.69, 9.17) is 4.55 Å². The van der Waals surface area contributed by atoms with Crippen molar-refractivity contribution in [2.24, 2.45) is 0 Å². The molecule has 0 fully saturated rings. The summed E-state index contributed by atoms with van der Waals surface area (Å²) in [6, 6.07) is 14.1. The molecule has 8 heteroatoms. The first-order valence-electron chi connectivity index (χ1n) is 16.0. The van der Waals surface area contributed by atoms with Gasteiger partial charge in [0.1, 0.15) is 6.54 Å². The number of quaternary nitrogens is 1. The molecule has 0 amide bonds. The molecule has 0 saturated heterocycles. The predicted molar refractivity (Wildman–Crippen MR) is 174 cm³/mol. The van der Waals surface area contributed by atoms with Gasteiger partial charge < -0.3 is 4.48 Å². The summed E-state index contributed by atoms with van der Waals surface area (Å²) < 4.78 is 31.3. The van der Waals surface area contributed by atoms with E-state index in [-0.39, 0.29) is 16.1 Å². The second-order valence-electron chi connectivity index (χ2n) is 12.3. The Morgan fingerprint density at radius 3 is 1.60 bits per heavy atom. The lowest BCUT2D eigenvalue weighted by molar-refractivity contribution is -0.903. The molecule has 0 radical (unpaired) electrons.